The number of hydrogen-bond acceptors (Lipinski definition) is 0. The van der Waals surface area contributed by atoms with Crippen LogP contribution in [0.3, 0.4) is 0 Å². The van der Waals surface area contributed by atoms with Crippen LogP contribution in [0.4, 0.5) is 0 Å². The first-order valence-corrected chi connectivity index (χ1v) is 7.14. The van der Waals surface area contributed by atoms with Gasteiger partial charge >= 0.3 is 0 Å². The highest BCUT2D eigenvalue weighted by molar-refractivity contribution is 4.61. The van der Waals surface area contributed by atoms with Crippen molar-refractivity contribution in [2.45, 2.75) is 85.0 Å². The van der Waals surface area contributed by atoms with Crippen LogP contribution in [0.2, 0.25) is 0 Å². The highest BCUT2D eigenvalue weighted by Crippen LogP contribution is 2.22. The molecule has 1 radical (unpaired) electrons. The van der Waals surface area contributed by atoms with Crippen molar-refractivity contribution in [2.75, 3.05) is 6.61 Å². The highest BCUT2D eigenvalue weighted by Gasteiger charge is 2.08. The molecular weight excluding hydrogens is 196 g/mol. The van der Waals surface area contributed by atoms with Gasteiger partial charge in [0.1, 0.15) is 0 Å². The lowest BCUT2D eigenvalue weighted by Gasteiger charge is -2.17. The molecule has 0 aromatic heterocycles. The molecule has 1 nitrogen and oxygen atoms in total. The van der Waals surface area contributed by atoms with Gasteiger partial charge in [0.05, 0.1) is 6.61 Å². The van der Waals surface area contributed by atoms with E-state index in [0.29, 0.717) is 5.41 Å². The summed E-state index contributed by atoms with van der Waals surface area (Å²) in [5.74, 6) is 0. The van der Waals surface area contributed by atoms with Crippen molar-refractivity contribution in [3.63, 3.8) is 0 Å². The third-order valence-corrected chi connectivity index (χ3v) is 3.07. The first-order chi connectivity index (χ1) is 7.56. The zero-order valence-corrected chi connectivity index (χ0v) is 11.7. The Labute approximate surface area is 103 Å². The molecule has 0 aromatic rings. The SMILES string of the molecule is CC(C)(C)CCCCCCCCCCC[O]. The number of rotatable bonds is 10. The van der Waals surface area contributed by atoms with Crippen LogP contribution in [-0.4, -0.2) is 6.61 Å². The molecule has 0 aromatic carbocycles. The van der Waals surface area contributed by atoms with Gasteiger partial charge in [-0.2, -0.15) is 0 Å². The van der Waals surface area contributed by atoms with Gasteiger partial charge in [0, 0.05) is 0 Å². The Bertz CT molecular complexity index is 135. The van der Waals surface area contributed by atoms with Crippen LogP contribution in [-0.2, 0) is 5.11 Å². The molecule has 0 aliphatic carbocycles. The summed E-state index contributed by atoms with van der Waals surface area (Å²) in [6, 6.07) is 0. The Hall–Kier alpha value is -0.0400. The summed E-state index contributed by atoms with van der Waals surface area (Å²) < 4.78 is 0. The summed E-state index contributed by atoms with van der Waals surface area (Å²) in [5, 5.41) is 10.2. The minimum Gasteiger partial charge on any atom is -0.237 e. The van der Waals surface area contributed by atoms with Crippen molar-refractivity contribution < 1.29 is 5.11 Å². The largest absolute Gasteiger partial charge is 0.237 e. The van der Waals surface area contributed by atoms with Crippen molar-refractivity contribution >= 4 is 0 Å². The summed E-state index contributed by atoms with van der Waals surface area (Å²) in [6.45, 7) is 7.09. The van der Waals surface area contributed by atoms with Gasteiger partial charge in [0.2, 0.25) is 0 Å². The van der Waals surface area contributed by atoms with E-state index in [0.717, 1.165) is 12.8 Å². The van der Waals surface area contributed by atoms with Gasteiger partial charge in [0.15, 0.2) is 0 Å². The Kier molecular flexibility index (Phi) is 10.1. The predicted molar refractivity (Wildman–Crippen MR) is 71.2 cm³/mol. The molecule has 0 atom stereocenters. The zero-order valence-electron chi connectivity index (χ0n) is 11.7. The van der Waals surface area contributed by atoms with Crippen LogP contribution < -0.4 is 0 Å². The average molecular weight is 227 g/mol. The summed E-state index contributed by atoms with van der Waals surface area (Å²) >= 11 is 0. The summed E-state index contributed by atoms with van der Waals surface area (Å²) in [5.41, 5.74) is 0.512. The predicted octanol–water partition coefficient (Wildman–Crippen LogP) is 5.36. The molecule has 97 valence electrons. The van der Waals surface area contributed by atoms with Crippen LogP contribution in [0.25, 0.3) is 0 Å². The molecule has 0 fully saturated rings. The zero-order chi connectivity index (χ0) is 12.3. The topological polar surface area (TPSA) is 19.9 Å². The molecule has 0 aliphatic rings. The number of unbranched alkanes of at least 4 members (excludes halogenated alkanes) is 8. The van der Waals surface area contributed by atoms with Crippen LogP contribution in [0.1, 0.15) is 85.0 Å². The second-order valence-electron chi connectivity index (χ2n) is 6.20. The maximum Gasteiger partial charge on any atom is 0.0822 e. The lowest BCUT2D eigenvalue weighted by molar-refractivity contribution is 0.186. The van der Waals surface area contributed by atoms with E-state index < -0.39 is 0 Å². The Morgan fingerprint density at radius 3 is 1.38 bits per heavy atom. The summed E-state index contributed by atoms with van der Waals surface area (Å²) in [7, 11) is 0. The maximum absolute atomic E-state index is 10.2. The van der Waals surface area contributed by atoms with Crippen molar-refractivity contribution in [2.24, 2.45) is 5.41 Å². The monoisotopic (exact) mass is 227 g/mol. The molecule has 0 amide bonds. The Morgan fingerprint density at radius 1 is 0.625 bits per heavy atom. The third-order valence-electron chi connectivity index (χ3n) is 3.07. The van der Waals surface area contributed by atoms with Crippen LogP contribution in [0.15, 0.2) is 0 Å². The molecule has 0 saturated carbocycles. The fourth-order valence-corrected chi connectivity index (χ4v) is 1.99. The van der Waals surface area contributed by atoms with E-state index in [1.807, 2.05) is 0 Å². The van der Waals surface area contributed by atoms with Gasteiger partial charge in [-0.15, -0.1) is 0 Å². The first-order valence-electron chi connectivity index (χ1n) is 7.14. The first kappa shape index (κ1) is 16.0. The summed E-state index contributed by atoms with van der Waals surface area (Å²) in [6.07, 6.45) is 12.9. The fraction of sp³-hybridized carbons (Fsp3) is 1.00. The fourth-order valence-electron chi connectivity index (χ4n) is 1.99. The van der Waals surface area contributed by atoms with Crippen LogP contribution >= 0.6 is 0 Å². The Balaban J connectivity index is 2.99. The lowest BCUT2D eigenvalue weighted by atomic mass is 9.89. The van der Waals surface area contributed by atoms with Crippen molar-refractivity contribution in [1.29, 1.82) is 0 Å². The van der Waals surface area contributed by atoms with Gasteiger partial charge in [-0.05, 0) is 18.3 Å². The molecule has 1 heteroatoms. The van der Waals surface area contributed by atoms with Crippen molar-refractivity contribution in [3.8, 4) is 0 Å². The molecule has 0 bridgehead atoms. The molecule has 0 unspecified atom stereocenters. The molecule has 0 spiro atoms. The quantitative estimate of drug-likeness (QED) is 0.447. The van der Waals surface area contributed by atoms with Crippen molar-refractivity contribution in [3.05, 3.63) is 0 Å². The van der Waals surface area contributed by atoms with Gasteiger partial charge < -0.3 is 0 Å². The van der Waals surface area contributed by atoms with Gasteiger partial charge in [-0.1, -0.05) is 72.1 Å². The van der Waals surface area contributed by atoms with E-state index in [4.69, 9.17) is 0 Å². The van der Waals surface area contributed by atoms with Crippen LogP contribution in [0, 0.1) is 5.41 Å². The summed E-state index contributed by atoms with van der Waals surface area (Å²) in [4.78, 5) is 0. The standard InChI is InChI=1S/C15H31O/c1-15(2,3)13-11-9-7-5-4-6-8-10-12-14-16/h4-14H2,1-3H3. The molecule has 0 saturated heterocycles. The van der Waals surface area contributed by atoms with E-state index >= 15 is 0 Å². The minimum absolute atomic E-state index is 0.118. The van der Waals surface area contributed by atoms with Crippen LogP contribution in [0.5, 0.6) is 0 Å². The van der Waals surface area contributed by atoms with E-state index in [1.54, 1.807) is 0 Å². The molecular formula is C15H31O. The minimum atomic E-state index is 0.118. The highest BCUT2D eigenvalue weighted by atomic mass is 16.2. The van der Waals surface area contributed by atoms with Crippen molar-refractivity contribution in [1.82, 2.24) is 0 Å². The molecule has 0 rings (SSSR count). The molecule has 0 N–H and O–H groups in total. The maximum atomic E-state index is 10.2. The molecule has 16 heavy (non-hydrogen) atoms. The second kappa shape index (κ2) is 10.1. The second-order valence-corrected chi connectivity index (χ2v) is 6.20. The Morgan fingerprint density at radius 2 is 1.00 bits per heavy atom. The smallest absolute Gasteiger partial charge is 0.0822 e. The normalized spacial score (nSPS) is 12.0. The average Bonchev–Trinajstić information content (AvgIpc) is 2.19. The molecule has 0 heterocycles. The van der Waals surface area contributed by atoms with Gasteiger partial charge in [-0.3, -0.25) is 0 Å². The van der Waals surface area contributed by atoms with E-state index in [2.05, 4.69) is 20.8 Å². The van der Waals surface area contributed by atoms with E-state index in [1.165, 1.54) is 51.4 Å². The van der Waals surface area contributed by atoms with Gasteiger partial charge in [-0.25, -0.2) is 5.11 Å². The third kappa shape index (κ3) is 14.0. The lowest BCUT2D eigenvalue weighted by Crippen LogP contribution is -2.03. The van der Waals surface area contributed by atoms with Gasteiger partial charge in [0.25, 0.3) is 0 Å². The number of hydrogen-bond donors (Lipinski definition) is 0. The molecule has 0 aliphatic heterocycles. The van der Waals surface area contributed by atoms with E-state index in [9.17, 15) is 5.11 Å². The van der Waals surface area contributed by atoms with E-state index in [-0.39, 0.29) is 6.61 Å².